The van der Waals surface area contributed by atoms with Crippen molar-refractivity contribution >= 4 is 22.9 Å². The van der Waals surface area contributed by atoms with Crippen molar-refractivity contribution in [2.24, 2.45) is 0 Å². The molecule has 0 bridgehead atoms. The van der Waals surface area contributed by atoms with Crippen molar-refractivity contribution in [3.05, 3.63) is 39.7 Å². The van der Waals surface area contributed by atoms with Crippen LogP contribution in [0.2, 0.25) is 5.15 Å². The highest BCUT2D eigenvalue weighted by Crippen LogP contribution is 2.33. The highest BCUT2D eigenvalue weighted by Gasteiger charge is 2.31. The van der Waals surface area contributed by atoms with Gasteiger partial charge in [0, 0.05) is 10.9 Å². The van der Waals surface area contributed by atoms with Crippen LogP contribution in [0, 0.1) is 0 Å². The molecule has 2 heterocycles. The van der Waals surface area contributed by atoms with Crippen LogP contribution in [0.25, 0.3) is 11.3 Å². The lowest BCUT2D eigenvalue weighted by atomic mass is 10.1. The summed E-state index contributed by atoms with van der Waals surface area (Å²) in [6.45, 7) is 0. The zero-order valence-corrected chi connectivity index (χ0v) is 9.33. The molecule has 0 fully saturated rings. The second-order valence-corrected chi connectivity index (χ2v) is 4.24. The van der Waals surface area contributed by atoms with Crippen LogP contribution in [0.1, 0.15) is 5.56 Å². The van der Waals surface area contributed by atoms with Crippen molar-refractivity contribution < 1.29 is 13.2 Å². The van der Waals surface area contributed by atoms with E-state index in [1.807, 2.05) is 0 Å². The van der Waals surface area contributed by atoms with Gasteiger partial charge in [-0.05, 0) is 23.6 Å². The minimum Gasteiger partial charge on any atom is -0.236 e. The Labute approximate surface area is 98.5 Å². The molecular formula is C10H5ClF3NS. The van der Waals surface area contributed by atoms with E-state index in [4.69, 9.17) is 11.6 Å². The van der Waals surface area contributed by atoms with Gasteiger partial charge in [0.25, 0.3) is 0 Å². The van der Waals surface area contributed by atoms with Gasteiger partial charge in [-0.15, -0.1) is 0 Å². The van der Waals surface area contributed by atoms with Gasteiger partial charge in [0.1, 0.15) is 5.15 Å². The monoisotopic (exact) mass is 263 g/mol. The molecule has 0 N–H and O–H groups in total. The predicted molar refractivity (Wildman–Crippen MR) is 57.6 cm³/mol. The Hall–Kier alpha value is -1.07. The summed E-state index contributed by atoms with van der Waals surface area (Å²) < 4.78 is 37.5. The molecule has 1 nitrogen and oxygen atoms in total. The van der Waals surface area contributed by atoms with Crippen LogP contribution in [-0.2, 0) is 6.18 Å². The lowest BCUT2D eigenvalue weighted by molar-refractivity contribution is -0.137. The summed E-state index contributed by atoms with van der Waals surface area (Å²) in [5.41, 5.74) is 0.0905. The summed E-state index contributed by atoms with van der Waals surface area (Å²) in [6.07, 6.45) is -4.41. The number of hydrogen-bond acceptors (Lipinski definition) is 2. The second-order valence-electron chi connectivity index (χ2n) is 3.07. The maximum Gasteiger partial charge on any atom is 0.416 e. The van der Waals surface area contributed by atoms with Crippen LogP contribution in [0.4, 0.5) is 13.2 Å². The fourth-order valence-electron chi connectivity index (χ4n) is 1.22. The Morgan fingerprint density at radius 2 is 2.00 bits per heavy atom. The van der Waals surface area contributed by atoms with E-state index in [2.05, 4.69) is 4.98 Å². The van der Waals surface area contributed by atoms with Crippen molar-refractivity contribution in [3.8, 4) is 11.3 Å². The van der Waals surface area contributed by atoms with Gasteiger partial charge in [-0.2, -0.15) is 24.5 Å². The maximum atomic E-state index is 12.5. The third-order valence-electron chi connectivity index (χ3n) is 1.94. The summed E-state index contributed by atoms with van der Waals surface area (Å²) in [6, 6.07) is 3.51. The molecule has 0 aromatic carbocycles. The molecular weight excluding hydrogens is 259 g/mol. The van der Waals surface area contributed by atoms with Gasteiger partial charge in [-0.25, -0.2) is 4.98 Å². The SMILES string of the molecule is FC(F)(F)c1cc(Cl)nc(-c2ccsc2)c1. The van der Waals surface area contributed by atoms with Crippen molar-refractivity contribution in [2.75, 3.05) is 0 Å². The summed E-state index contributed by atoms with van der Waals surface area (Å²) in [4.78, 5) is 3.86. The molecule has 84 valence electrons. The highest BCUT2D eigenvalue weighted by atomic mass is 35.5. The first kappa shape index (κ1) is 11.4. The Bertz CT molecular complexity index is 493. The molecule has 0 saturated heterocycles. The summed E-state index contributed by atoms with van der Waals surface area (Å²) in [5, 5.41) is 3.33. The minimum absolute atomic E-state index is 0.156. The molecule has 0 aliphatic rings. The van der Waals surface area contributed by atoms with Crippen LogP contribution >= 0.6 is 22.9 Å². The summed E-state index contributed by atoms with van der Waals surface area (Å²) >= 11 is 6.95. The van der Waals surface area contributed by atoms with Gasteiger partial charge in [0.2, 0.25) is 0 Å². The Kier molecular flexibility index (Phi) is 2.90. The number of alkyl halides is 3. The van der Waals surface area contributed by atoms with Crippen LogP contribution in [0.3, 0.4) is 0 Å². The Morgan fingerprint density at radius 1 is 1.25 bits per heavy atom. The molecule has 2 aromatic rings. The molecule has 0 radical (unpaired) electrons. The summed E-state index contributed by atoms with van der Waals surface area (Å²) in [7, 11) is 0. The zero-order valence-electron chi connectivity index (χ0n) is 7.75. The van der Waals surface area contributed by atoms with Crippen molar-refractivity contribution in [2.45, 2.75) is 6.18 Å². The van der Waals surface area contributed by atoms with Crippen LogP contribution in [0.15, 0.2) is 29.0 Å². The van der Waals surface area contributed by atoms with E-state index in [1.54, 1.807) is 16.8 Å². The first-order chi connectivity index (χ1) is 7.47. The molecule has 0 spiro atoms. The number of pyridine rings is 1. The first-order valence-corrected chi connectivity index (χ1v) is 5.56. The zero-order chi connectivity index (χ0) is 11.8. The van der Waals surface area contributed by atoms with E-state index < -0.39 is 11.7 Å². The number of thiophene rings is 1. The van der Waals surface area contributed by atoms with Gasteiger partial charge in [-0.1, -0.05) is 11.6 Å². The van der Waals surface area contributed by atoms with Crippen LogP contribution in [0.5, 0.6) is 0 Å². The second kappa shape index (κ2) is 4.07. The Morgan fingerprint density at radius 3 is 2.56 bits per heavy atom. The molecule has 0 atom stereocenters. The van der Waals surface area contributed by atoms with E-state index in [9.17, 15) is 13.2 Å². The summed E-state index contributed by atoms with van der Waals surface area (Å²) in [5.74, 6) is 0. The van der Waals surface area contributed by atoms with E-state index in [-0.39, 0.29) is 10.8 Å². The van der Waals surface area contributed by atoms with Crippen molar-refractivity contribution in [3.63, 3.8) is 0 Å². The topological polar surface area (TPSA) is 12.9 Å². The van der Waals surface area contributed by atoms with E-state index in [1.165, 1.54) is 11.3 Å². The maximum absolute atomic E-state index is 12.5. The lowest BCUT2D eigenvalue weighted by Crippen LogP contribution is -2.05. The lowest BCUT2D eigenvalue weighted by Gasteiger charge is -2.08. The molecule has 16 heavy (non-hydrogen) atoms. The van der Waals surface area contributed by atoms with Crippen LogP contribution < -0.4 is 0 Å². The Balaban J connectivity index is 2.53. The van der Waals surface area contributed by atoms with Crippen LogP contribution in [-0.4, -0.2) is 4.98 Å². The average molecular weight is 264 g/mol. The minimum atomic E-state index is -4.41. The largest absolute Gasteiger partial charge is 0.416 e. The van der Waals surface area contributed by atoms with Gasteiger partial charge >= 0.3 is 6.18 Å². The fraction of sp³-hybridized carbons (Fsp3) is 0.100. The fourth-order valence-corrected chi connectivity index (χ4v) is 2.08. The van der Waals surface area contributed by atoms with Gasteiger partial charge in [0.15, 0.2) is 0 Å². The molecule has 2 aromatic heterocycles. The molecule has 0 amide bonds. The molecule has 0 aliphatic heterocycles. The van der Waals surface area contributed by atoms with E-state index in [0.29, 0.717) is 5.56 Å². The van der Waals surface area contributed by atoms with E-state index in [0.717, 1.165) is 12.1 Å². The van der Waals surface area contributed by atoms with Gasteiger partial charge in [0.05, 0.1) is 11.3 Å². The number of rotatable bonds is 1. The molecule has 0 aliphatic carbocycles. The molecule has 6 heteroatoms. The van der Waals surface area contributed by atoms with Crippen molar-refractivity contribution in [1.82, 2.24) is 4.98 Å². The highest BCUT2D eigenvalue weighted by molar-refractivity contribution is 7.08. The van der Waals surface area contributed by atoms with Gasteiger partial charge < -0.3 is 0 Å². The predicted octanol–water partition coefficient (Wildman–Crippen LogP) is 4.48. The molecule has 0 saturated carbocycles. The first-order valence-electron chi connectivity index (χ1n) is 4.24. The number of halogens is 4. The quantitative estimate of drug-likeness (QED) is 0.691. The molecule has 0 unspecified atom stereocenters. The standard InChI is InChI=1S/C10H5ClF3NS/c11-9-4-7(10(12,13)14)3-8(15-9)6-1-2-16-5-6/h1-5H. The number of nitrogens with zero attached hydrogens (tertiary/aromatic N) is 1. The third-order valence-corrected chi connectivity index (χ3v) is 2.82. The number of hydrogen-bond donors (Lipinski definition) is 0. The number of aromatic nitrogens is 1. The third kappa shape index (κ3) is 2.36. The average Bonchev–Trinajstić information content (AvgIpc) is 2.68. The normalized spacial score (nSPS) is 11.8. The molecule has 2 rings (SSSR count). The van der Waals surface area contributed by atoms with E-state index >= 15 is 0 Å². The van der Waals surface area contributed by atoms with Gasteiger partial charge in [-0.3, -0.25) is 0 Å². The smallest absolute Gasteiger partial charge is 0.236 e. The van der Waals surface area contributed by atoms with Crippen molar-refractivity contribution in [1.29, 1.82) is 0 Å².